The Morgan fingerprint density at radius 2 is 2.05 bits per heavy atom. The second-order valence-electron chi connectivity index (χ2n) is 3.80. The minimum absolute atomic E-state index is 0.341. The summed E-state index contributed by atoms with van der Waals surface area (Å²) < 4.78 is 36.0. The van der Waals surface area contributed by atoms with Gasteiger partial charge in [0.25, 0.3) is 0 Å². The van der Waals surface area contributed by atoms with Gasteiger partial charge in [-0.25, -0.2) is 0 Å². The van der Waals surface area contributed by atoms with E-state index in [2.05, 4.69) is 0 Å². The van der Waals surface area contributed by atoms with Crippen molar-refractivity contribution in [1.29, 1.82) is 0 Å². The van der Waals surface area contributed by atoms with E-state index in [1.54, 1.807) is 6.07 Å². The summed E-state index contributed by atoms with van der Waals surface area (Å²) in [5.74, 6) is -0.788. The number of halogens is 5. The number of amides is 1. The van der Waals surface area contributed by atoms with Gasteiger partial charge in [-0.15, -0.1) is 0 Å². The van der Waals surface area contributed by atoms with E-state index in [1.165, 1.54) is 18.2 Å². The van der Waals surface area contributed by atoms with Crippen LogP contribution in [-0.2, 0) is 4.79 Å². The number of aliphatic hydroxyl groups is 1. The van der Waals surface area contributed by atoms with Gasteiger partial charge in [0.1, 0.15) is 0 Å². The molecule has 3 nitrogen and oxygen atoms in total. The van der Waals surface area contributed by atoms with E-state index < -0.39 is 24.7 Å². The normalized spacial score (nSPS) is 13.5. The fourth-order valence-corrected chi connectivity index (χ4v) is 1.54. The van der Waals surface area contributed by atoms with Gasteiger partial charge in [-0.05, 0) is 29.8 Å². The molecule has 0 aliphatic rings. The molecule has 20 heavy (non-hydrogen) atoms. The first-order chi connectivity index (χ1) is 9.20. The van der Waals surface area contributed by atoms with Crippen molar-refractivity contribution in [3.8, 4) is 0 Å². The molecule has 2 N–H and O–H groups in total. The SMILES string of the molecule is O=C(/C=C/c1cc(Cl)ccc1Cl)NCC(O)C(F)(F)F. The van der Waals surface area contributed by atoms with Gasteiger partial charge in [-0.3, -0.25) is 4.79 Å². The van der Waals surface area contributed by atoms with Crippen LogP contribution in [0, 0.1) is 0 Å². The van der Waals surface area contributed by atoms with Gasteiger partial charge in [0.2, 0.25) is 5.91 Å². The number of hydrogen-bond acceptors (Lipinski definition) is 2. The standard InChI is InChI=1S/C12H10Cl2F3NO2/c13-8-2-3-9(14)7(5-8)1-4-11(20)18-6-10(19)12(15,16)17/h1-5,10,19H,6H2,(H,18,20)/b4-1+. The fourth-order valence-electron chi connectivity index (χ4n) is 1.18. The first kappa shape index (κ1) is 16.8. The molecule has 8 heteroatoms. The van der Waals surface area contributed by atoms with Crippen LogP contribution in [0.15, 0.2) is 24.3 Å². The summed E-state index contributed by atoms with van der Waals surface area (Å²) in [6, 6.07) is 4.58. The van der Waals surface area contributed by atoms with Crippen LogP contribution < -0.4 is 5.32 Å². The summed E-state index contributed by atoms with van der Waals surface area (Å²) in [6.45, 7) is -0.921. The molecule has 1 aromatic rings. The lowest BCUT2D eigenvalue weighted by atomic mass is 10.2. The molecule has 110 valence electrons. The molecular weight excluding hydrogens is 318 g/mol. The molecule has 0 saturated carbocycles. The quantitative estimate of drug-likeness (QED) is 0.835. The molecule has 0 bridgehead atoms. The Kier molecular flexibility index (Phi) is 5.86. The third kappa shape index (κ3) is 5.40. The summed E-state index contributed by atoms with van der Waals surface area (Å²) in [5.41, 5.74) is 0.450. The van der Waals surface area contributed by atoms with E-state index in [1.807, 2.05) is 5.32 Å². The lowest BCUT2D eigenvalue weighted by Crippen LogP contribution is -2.40. The molecule has 0 spiro atoms. The van der Waals surface area contributed by atoms with E-state index in [0.717, 1.165) is 6.08 Å². The van der Waals surface area contributed by atoms with Crippen molar-refractivity contribution in [2.75, 3.05) is 6.54 Å². The number of benzene rings is 1. The van der Waals surface area contributed by atoms with Crippen molar-refractivity contribution in [3.63, 3.8) is 0 Å². The van der Waals surface area contributed by atoms with E-state index >= 15 is 0 Å². The molecule has 0 heterocycles. The highest BCUT2D eigenvalue weighted by atomic mass is 35.5. The maximum atomic E-state index is 12.0. The first-order valence-corrected chi connectivity index (χ1v) is 6.11. The van der Waals surface area contributed by atoms with Crippen molar-refractivity contribution >= 4 is 35.2 Å². The van der Waals surface area contributed by atoms with Crippen LogP contribution in [0.2, 0.25) is 10.0 Å². The molecule has 1 rings (SSSR count). The van der Waals surface area contributed by atoms with Gasteiger partial charge in [0, 0.05) is 16.1 Å². The third-order valence-electron chi connectivity index (χ3n) is 2.22. The van der Waals surface area contributed by atoms with E-state index in [4.69, 9.17) is 28.3 Å². The van der Waals surface area contributed by atoms with Gasteiger partial charge in [-0.1, -0.05) is 23.2 Å². The zero-order valence-electron chi connectivity index (χ0n) is 9.92. The second-order valence-corrected chi connectivity index (χ2v) is 4.65. The maximum Gasteiger partial charge on any atom is 0.416 e. The molecular formula is C12H10Cl2F3NO2. The summed E-state index contributed by atoms with van der Waals surface area (Å²) >= 11 is 11.6. The number of hydrogen-bond donors (Lipinski definition) is 2. The Hall–Kier alpha value is -1.24. The number of aliphatic hydroxyl groups excluding tert-OH is 1. The van der Waals surface area contributed by atoms with E-state index in [-0.39, 0.29) is 0 Å². The monoisotopic (exact) mass is 327 g/mol. The van der Waals surface area contributed by atoms with Gasteiger partial charge >= 0.3 is 6.18 Å². The van der Waals surface area contributed by atoms with Crippen LogP contribution in [0.4, 0.5) is 13.2 Å². The number of carbonyl (C=O) groups excluding carboxylic acids is 1. The summed E-state index contributed by atoms with van der Waals surface area (Å²) in [5, 5.41) is 11.4. The number of alkyl halides is 3. The maximum absolute atomic E-state index is 12.0. The zero-order valence-corrected chi connectivity index (χ0v) is 11.4. The number of carbonyl (C=O) groups is 1. The highest BCUT2D eigenvalue weighted by molar-refractivity contribution is 6.34. The van der Waals surface area contributed by atoms with Crippen LogP contribution in [0.25, 0.3) is 6.08 Å². The lowest BCUT2D eigenvalue weighted by Gasteiger charge is -2.14. The van der Waals surface area contributed by atoms with Gasteiger partial charge in [0.05, 0.1) is 6.54 Å². The lowest BCUT2D eigenvalue weighted by molar-refractivity contribution is -0.201. The average Bonchev–Trinajstić information content (AvgIpc) is 2.35. The van der Waals surface area contributed by atoms with Crippen molar-refractivity contribution in [2.45, 2.75) is 12.3 Å². The smallest absolute Gasteiger partial charge is 0.382 e. The number of rotatable bonds is 4. The summed E-state index contributed by atoms with van der Waals surface area (Å²) in [6.07, 6.45) is -5.06. The van der Waals surface area contributed by atoms with Crippen LogP contribution >= 0.6 is 23.2 Å². The van der Waals surface area contributed by atoms with Crippen LogP contribution in [0.3, 0.4) is 0 Å². The minimum Gasteiger partial charge on any atom is -0.382 e. The Balaban J connectivity index is 2.58. The zero-order chi connectivity index (χ0) is 15.3. The van der Waals surface area contributed by atoms with Crippen LogP contribution in [0.5, 0.6) is 0 Å². The summed E-state index contributed by atoms with van der Waals surface area (Å²) in [7, 11) is 0. The van der Waals surface area contributed by atoms with Gasteiger partial charge in [0.15, 0.2) is 6.10 Å². The first-order valence-electron chi connectivity index (χ1n) is 5.36. The Labute approximate surface area is 123 Å². The average molecular weight is 328 g/mol. The van der Waals surface area contributed by atoms with Gasteiger partial charge in [-0.2, -0.15) is 13.2 Å². The molecule has 1 amide bonds. The number of nitrogens with one attached hydrogen (secondary N) is 1. The Morgan fingerprint density at radius 1 is 1.40 bits per heavy atom. The molecule has 0 aliphatic carbocycles. The molecule has 1 aromatic carbocycles. The predicted molar refractivity (Wildman–Crippen MR) is 70.6 cm³/mol. The molecule has 1 atom stereocenters. The Morgan fingerprint density at radius 3 is 2.65 bits per heavy atom. The van der Waals surface area contributed by atoms with Crippen molar-refractivity contribution in [1.82, 2.24) is 5.32 Å². The minimum atomic E-state index is -4.77. The van der Waals surface area contributed by atoms with Gasteiger partial charge < -0.3 is 10.4 Å². The summed E-state index contributed by atoms with van der Waals surface area (Å²) in [4.78, 5) is 11.3. The Bertz CT molecular complexity index is 518. The molecule has 0 aliphatic heterocycles. The van der Waals surface area contributed by atoms with Crippen molar-refractivity contribution < 1.29 is 23.1 Å². The predicted octanol–water partition coefficient (Wildman–Crippen LogP) is 3.05. The molecule has 1 unspecified atom stereocenters. The van der Waals surface area contributed by atoms with Crippen molar-refractivity contribution in [2.24, 2.45) is 0 Å². The molecule has 0 aromatic heterocycles. The van der Waals surface area contributed by atoms with Crippen molar-refractivity contribution in [3.05, 3.63) is 39.9 Å². The molecule has 0 saturated heterocycles. The van der Waals surface area contributed by atoms with E-state index in [9.17, 15) is 18.0 Å². The molecule has 0 radical (unpaired) electrons. The largest absolute Gasteiger partial charge is 0.416 e. The van der Waals surface area contributed by atoms with Crippen LogP contribution in [-0.4, -0.2) is 29.8 Å². The fraction of sp³-hybridized carbons (Fsp3) is 0.250. The van der Waals surface area contributed by atoms with E-state index in [0.29, 0.717) is 15.6 Å². The highest BCUT2D eigenvalue weighted by Gasteiger charge is 2.37. The highest BCUT2D eigenvalue weighted by Crippen LogP contribution is 2.22. The second kappa shape index (κ2) is 6.97. The third-order valence-corrected chi connectivity index (χ3v) is 2.80. The topological polar surface area (TPSA) is 49.3 Å². The molecule has 0 fully saturated rings. The van der Waals surface area contributed by atoms with Crippen LogP contribution in [0.1, 0.15) is 5.56 Å².